The summed E-state index contributed by atoms with van der Waals surface area (Å²) in [5, 5.41) is 3.56. The fourth-order valence-corrected chi connectivity index (χ4v) is 2.34. The molecular formula is C17H24N2O. The molecule has 108 valence electrons. The Hall–Kier alpha value is -1.74. The van der Waals surface area contributed by atoms with Gasteiger partial charge in [-0.25, -0.2) is 0 Å². The van der Waals surface area contributed by atoms with E-state index < -0.39 is 0 Å². The van der Waals surface area contributed by atoms with Crippen LogP contribution in [0.2, 0.25) is 0 Å². The van der Waals surface area contributed by atoms with E-state index in [1.807, 2.05) is 18.2 Å². The lowest BCUT2D eigenvalue weighted by Gasteiger charge is -2.20. The van der Waals surface area contributed by atoms with Crippen LogP contribution in [-0.2, 0) is 0 Å². The van der Waals surface area contributed by atoms with Gasteiger partial charge in [-0.05, 0) is 43.7 Å². The molecule has 0 radical (unpaired) electrons. The lowest BCUT2D eigenvalue weighted by Crippen LogP contribution is -2.26. The summed E-state index contributed by atoms with van der Waals surface area (Å²) < 4.78 is 5.46. The fourth-order valence-electron chi connectivity index (χ4n) is 2.34. The summed E-state index contributed by atoms with van der Waals surface area (Å²) in [4.78, 5) is 2.29. The first-order valence-electron chi connectivity index (χ1n) is 7.34. The molecule has 0 saturated heterocycles. The van der Waals surface area contributed by atoms with Gasteiger partial charge in [0, 0.05) is 19.3 Å². The standard InChI is InChI=1S/C17H24N2O/c1-3-16(17-11-7-14-20-17)18-12-8-13-19(2)15-9-5-4-6-10-15/h4-7,9-11,14,16,18H,3,8,12-13H2,1-2H3. The Bertz CT molecular complexity index is 467. The highest BCUT2D eigenvalue weighted by Gasteiger charge is 2.10. The number of hydrogen-bond donors (Lipinski definition) is 1. The lowest BCUT2D eigenvalue weighted by molar-refractivity contribution is 0.403. The van der Waals surface area contributed by atoms with Crippen molar-refractivity contribution in [3.05, 3.63) is 54.5 Å². The van der Waals surface area contributed by atoms with Gasteiger partial charge in [0.15, 0.2) is 0 Å². The molecule has 1 aromatic carbocycles. The van der Waals surface area contributed by atoms with E-state index in [4.69, 9.17) is 4.42 Å². The summed E-state index contributed by atoms with van der Waals surface area (Å²) in [6.07, 6.45) is 3.90. The number of benzene rings is 1. The molecule has 3 heteroatoms. The zero-order valence-electron chi connectivity index (χ0n) is 12.4. The van der Waals surface area contributed by atoms with Crippen molar-refractivity contribution in [1.29, 1.82) is 0 Å². The topological polar surface area (TPSA) is 28.4 Å². The van der Waals surface area contributed by atoms with E-state index in [1.165, 1.54) is 5.69 Å². The van der Waals surface area contributed by atoms with Gasteiger partial charge in [0.25, 0.3) is 0 Å². The average Bonchev–Trinajstić information content (AvgIpc) is 3.02. The van der Waals surface area contributed by atoms with Crippen molar-refractivity contribution in [1.82, 2.24) is 5.32 Å². The Labute approximate surface area is 121 Å². The third-order valence-electron chi connectivity index (χ3n) is 3.55. The molecule has 2 rings (SSSR count). The summed E-state index contributed by atoms with van der Waals surface area (Å²) in [5.74, 6) is 1.03. The second kappa shape index (κ2) is 7.75. The van der Waals surface area contributed by atoms with E-state index in [0.29, 0.717) is 6.04 Å². The van der Waals surface area contributed by atoms with Gasteiger partial charge in [0.1, 0.15) is 5.76 Å². The van der Waals surface area contributed by atoms with Gasteiger partial charge in [-0.2, -0.15) is 0 Å². The predicted molar refractivity (Wildman–Crippen MR) is 84.1 cm³/mol. The highest BCUT2D eigenvalue weighted by atomic mass is 16.3. The molecule has 1 atom stereocenters. The molecule has 1 unspecified atom stereocenters. The van der Waals surface area contributed by atoms with E-state index in [1.54, 1.807) is 6.26 Å². The van der Waals surface area contributed by atoms with Crippen molar-refractivity contribution in [3.8, 4) is 0 Å². The quantitative estimate of drug-likeness (QED) is 0.740. The summed E-state index contributed by atoms with van der Waals surface area (Å²) in [5.41, 5.74) is 1.27. The molecule has 1 aromatic heterocycles. The molecule has 0 spiro atoms. The van der Waals surface area contributed by atoms with Gasteiger partial charge in [-0.15, -0.1) is 0 Å². The SMILES string of the molecule is CCC(NCCCN(C)c1ccccc1)c1ccco1. The molecule has 0 bridgehead atoms. The number of hydrogen-bond acceptors (Lipinski definition) is 3. The number of nitrogens with one attached hydrogen (secondary N) is 1. The van der Waals surface area contributed by atoms with Crippen molar-refractivity contribution in [2.45, 2.75) is 25.8 Å². The number of anilines is 1. The Morgan fingerprint density at radius 1 is 1.15 bits per heavy atom. The van der Waals surface area contributed by atoms with Gasteiger partial charge in [0.05, 0.1) is 12.3 Å². The summed E-state index contributed by atoms with van der Waals surface area (Å²) in [6.45, 7) is 4.22. The molecule has 20 heavy (non-hydrogen) atoms. The highest BCUT2D eigenvalue weighted by molar-refractivity contribution is 5.44. The molecule has 1 heterocycles. The van der Waals surface area contributed by atoms with Crippen molar-refractivity contribution in [2.75, 3.05) is 25.0 Å². The smallest absolute Gasteiger partial charge is 0.120 e. The number of para-hydroxylation sites is 1. The van der Waals surface area contributed by atoms with Crippen LogP contribution in [0.3, 0.4) is 0 Å². The third kappa shape index (κ3) is 4.14. The van der Waals surface area contributed by atoms with Crippen LogP contribution in [0.4, 0.5) is 5.69 Å². The minimum atomic E-state index is 0.326. The van der Waals surface area contributed by atoms with Crippen LogP contribution in [0.5, 0.6) is 0 Å². The second-order valence-electron chi connectivity index (χ2n) is 5.04. The van der Waals surface area contributed by atoms with Crippen LogP contribution >= 0.6 is 0 Å². The number of rotatable bonds is 8. The molecule has 3 nitrogen and oxygen atoms in total. The molecule has 0 aliphatic rings. The molecule has 0 aliphatic carbocycles. The van der Waals surface area contributed by atoms with Crippen molar-refractivity contribution in [3.63, 3.8) is 0 Å². The monoisotopic (exact) mass is 272 g/mol. The minimum Gasteiger partial charge on any atom is -0.468 e. The molecular weight excluding hydrogens is 248 g/mol. The van der Waals surface area contributed by atoms with Crippen molar-refractivity contribution < 1.29 is 4.42 Å². The van der Waals surface area contributed by atoms with Crippen LogP contribution in [0, 0.1) is 0 Å². The van der Waals surface area contributed by atoms with Gasteiger partial charge in [-0.1, -0.05) is 25.1 Å². The van der Waals surface area contributed by atoms with Crippen LogP contribution in [0.25, 0.3) is 0 Å². The summed E-state index contributed by atoms with van der Waals surface area (Å²) in [7, 11) is 2.14. The predicted octanol–water partition coefficient (Wildman–Crippen LogP) is 3.85. The van der Waals surface area contributed by atoms with E-state index in [2.05, 4.69) is 48.5 Å². The van der Waals surface area contributed by atoms with E-state index in [9.17, 15) is 0 Å². The molecule has 1 N–H and O–H groups in total. The van der Waals surface area contributed by atoms with Crippen molar-refractivity contribution >= 4 is 5.69 Å². The van der Waals surface area contributed by atoms with E-state index in [-0.39, 0.29) is 0 Å². The fraction of sp³-hybridized carbons (Fsp3) is 0.412. The van der Waals surface area contributed by atoms with Crippen LogP contribution in [0.15, 0.2) is 53.1 Å². The Morgan fingerprint density at radius 2 is 1.95 bits per heavy atom. The molecule has 2 aromatic rings. The van der Waals surface area contributed by atoms with Gasteiger partial charge >= 0.3 is 0 Å². The Morgan fingerprint density at radius 3 is 2.60 bits per heavy atom. The zero-order valence-corrected chi connectivity index (χ0v) is 12.4. The largest absolute Gasteiger partial charge is 0.468 e. The lowest BCUT2D eigenvalue weighted by atomic mass is 10.1. The third-order valence-corrected chi connectivity index (χ3v) is 3.55. The zero-order chi connectivity index (χ0) is 14.2. The Balaban J connectivity index is 1.71. The second-order valence-corrected chi connectivity index (χ2v) is 5.04. The van der Waals surface area contributed by atoms with Gasteiger partial charge in [0.2, 0.25) is 0 Å². The van der Waals surface area contributed by atoms with Crippen LogP contribution in [-0.4, -0.2) is 20.1 Å². The van der Waals surface area contributed by atoms with E-state index >= 15 is 0 Å². The van der Waals surface area contributed by atoms with Gasteiger partial charge in [-0.3, -0.25) is 0 Å². The molecule has 0 amide bonds. The molecule has 0 aliphatic heterocycles. The average molecular weight is 272 g/mol. The normalized spacial score (nSPS) is 12.3. The summed E-state index contributed by atoms with van der Waals surface area (Å²) >= 11 is 0. The molecule has 0 saturated carbocycles. The first kappa shape index (κ1) is 14.7. The highest BCUT2D eigenvalue weighted by Crippen LogP contribution is 2.16. The van der Waals surface area contributed by atoms with E-state index in [0.717, 1.165) is 31.7 Å². The minimum absolute atomic E-state index is 0.326. The van der Waals surface area contributed by atoms with Crippen molar-refractivity contribution in [2.24, 2.45) is 0 Å². The first-order chi connectivity index (χ1) is 9.81. The maximum absolute atomic E-state index is 5.46. The number of furan rings is 1. The Kier molecular flexibility index (Phi) is 5.69. The summed E-state index contributed by atoms with van der Waals surface area (Å²) in [6, 6.07) is 14.8. The van der Waals surface area contributed by atoms with Crippen LogP contribution in [0.1, 0.15) is 31.6 Å². The first-order valence-corrected chi connectivity index (χ1v) is 7.34. The maximum atomic E-state index is 5.46. The van der Waals surface area contributed by atoms with Crippen LogP contribution < -0.4 is 10.2 Å². The number of nitrogens with zero attached hydrogens (tertiary/aromatic N) is 1. The molecule has 0 fully saturated rings. The van der Waals surface area contributed by atoms with Gasteiger partial charge < -0.3 is 14.6 Å². The maximum Gasteiger partial charge on any atom is 0.120 e.